The number of carbonyl (C=O) groups is 1. The fourth-order valence-electron chi connectivity index (χ4n) is 5.52. The van der Waals surface area contributed by atoms with Gasteiger partial charge in [-0.05, 0) is 56.4 Å². The summed E-state index contributed by atoms with van der Waals surface area (Å²) in [7, 11) is 0. The molecule has 0 unspecified atom stereocenters. The van der Waals surface area contributed by atoms with Crippen LogP contribution >= 0.6 is 11.3 Å². The molecule has 1 aliphatic heterocycles. The number of aliphatic hydroxyl groups excluding tert-OH is 1. The minimum atomic E-state index is -1.11. The number of hydrogen-bond donors (Lipinski definition) is 3. The van der Waals surface area contributed by atoms with Crippen LogP contribution in [0.3, 0.4) is 0 Å². The standard InChI is InChI=1S/C22H31N5O3S/c23-20(29)16(28)11-13-1-6-17-18(13)19-21(24-12-25-22(19)31-17)26-14-2-4-15(5-3-14)27-7-9-30-10-8-27/h12-16,28H,1-11H2,(H2,23,29)(H,24,25,26)/t13-,14?,15?,16+/m1/s1. The molecule has 0 spiro atoms. The number of ether oxygens (including phenoxy) is 1. The molecular weight excluding hydrogens is 414 g/mol. The molecule has 2 fully saturated rings. The number of hydrogen-bond acceptors (Lipinski definition) is 8. The van der Waals surface area contributed by atoms with Crippen LogP contribution in [0.4, 0.5) is 5.82 Å². The van der Waals surface area contributed by atoms with Gasteiger partial charge in [-0.15, -0.1) is 11.3 Å². The number of aliphatic hydroxyl groups is 1. The van der Waals surface area contributed by atoms with Crippen LogP contribution in [-0.4, -0.2) is 70.4 Å². The number of aromatic nitrogens is 2. The van der Waals surface area contributed by atoms with Crippen LogP contribution in [0.25, 0.3) is 10.2 Å². The number of morpholine rings is 1. The van der Waals surface area contributed by atoms with Gasteiger partial charge in [0.1, 0.15) is 23.1 Å². The summed E-state index contributed by atoms with van der Waals surface area (Å²) in [6.07, 6.45) is 7.44. The highest BCUT2D eigenvalue weighted by Crippen LogP contribution is 2.47. The average Bonchev–Trinajstić information content (AvgIpc) is 3.35. The maximum atomic E-state index is 11.4. The molecule has 0 aromatic carbocycles. The second-order valence-corrected chi connectivity index (χ2v) is 10.1. The molecule has 3 heterocycles. The number of primary amides is 1. The highest BCUT2D eigenvalue weighted by molar-refractivity contribution is 7.19. The van der Waals surface area contributed by atoms with E-state index in [2.05, 4.69) is 20.2 Å². The summed E-state index contributed by atoms with van der Waals surface area (Å²) in [4.78, 5) is 25.4. The molecule has 8 nitrogen and oxygen atoms in total. The number of fused-ring (bicyclic) bond motifs is 3. The Hall–Kier alpha value is -1.81. The van der Waals surface area contributed by atoms with Gasteiger partial charge in [-0.3, -0.25) is 9.69 Å². The van der Waals surface area contributed by atoms with Crippen molar-refractivity contribution in [3.05, 3.63) is 16.8 Å². The van der Waals surface area contributed by atoms with Crippen molar-refractivity contribution in [1.82, 2.24) is 14.9 Å². The molecule has 168 valence electrons. The van der Waals surface area contributed by atoms with Crippen molar-refractivity contribution in [1.29, 1.82) is 0 Å². The molecule has 2 aromatic rings. The SMILES string of the molecule is NC(=O)[C@@H](O)C[C@H]1CCc2sc3ncnc(NC4CCC(N5CCOCC5)CC4)c3c21. The van der Waals surface area contributed by atoms with Crippen molar-refractivity contribution in [2.24, 2.45) is 5.73 Å². The second kappa shape index (κ2) is 8.97. The van der Waals surface area contributed by atoms with Crippen molar-refractivity contribution in [3.8, 4) is 0 Å². The normalized spacial score (nSPS) is 27.8. The van der Waals surface area contributed by atoms with E-state index in [1.165, 1.54) is 23.3 Å². The van der Waals surface area contributed by atoms with E-state index >= 15 is 0 Å². The van der Waals surface area contributed by atoms with Crippen molar-refractivity contribution in [2.75, 3.05) is 31.6 Å². The summed E-state index contributed by atoms with van der Waals surface area (Å²) in [6, 6.07) is 1.07. The van der Waals surface area contributed by atoms with E-state index in [9.17, 15) is 9.90 Å². The van der Waals surface area contributed by atoms with Gasteiger partial charge in [0.2, 0.25) is 5.91 Å². The summed E-state index contributed by atoms with van der Waals surface area (Å²) in [6.45, 7) is 3.81. The molecule has 0 bridgehead atoms. The van der Waals surface area contributed by atoms with E-state index in [-0.39, 0.29) is 5.92 Å². The van der Waals surface area contributed by atoms with E-state index in [0.29, 0.717) is 18.5 Å². The van der Waals surface area contributed by atoms with E-state index in [4.69, 9.17) is 10.5 Å². The molecule has 1 saturated heterocycles. The summed E-state index contributed by atoms with van der Waals surface area (Å²) < 4.78 is 5.50. The molecule has 3 aliphatic rings. The first kappa shape index (κ1) is 21.1. The lowest BCUT2D eigenvalue weighted by molar-refractivity contribution is -0.126. The molecule has 5 rings (SSSR count). The van der Waals surface area contributed by atoms with E-state index in [1.54, 1.807) is 17.7 Å². The molecule has 2 aromatic heterocycles. The largest absolute Gasteiger partial charge is 0.383 e. The highest BCUT2D eigenvalue weighted by atomic mass is 32.1. The third kappa shape index (κ3) is 4.28. The van der Waals surface area contributed by atoms with Crippen molar-refractivity contribution in [2.45, 2.75) is 69.1 Å². The monoisotopic (exact) mass is 445 g/mol. The lowest BCUT2D eigenvalue weighted by atomic mass is 9.89. The Balaban J connectivity index is 1.31. The number of nitrogens with zero attached hydrogens (tertiary/aromatic N) is 3. The summed E-state index contributed by atoms with van der Waals surface area (Å²) in [5, 5.41) is 14.9. The number of nitrogens with two attached hydrogens (primary N) is 1. The number of amides is 1. The maximum absolute atomic E-state index is 11.4. The van der Waals surface area contributed by atoms with Crippen LogP contribution in [0.5, 0.6) is 0 Å². The Bertz CT molecular complexity index is 937. The Morgan fingerprint density at radius 3 is 2.77 bits per heavy atom. The number of aryl methyl sites for hydroxylation is 1. The summed E-state index contributed by atoms with van der Waals surface area (Å²) in [5.74, 6) is 0.368. The topological polar surface area (TPSA) is 114 Å². The van der Waals surface area contributed by atoms with Crippen molar-refractivity contribution < 1.29 is 14.6 Å². The Kier molecular flexibility index (Phi) is 6.10. The van der Waals surface area contributed by atoms with Crippen LogP contribution in [0.15, 0.2) is 6.33 Å². The van der Waals surface area contributed by atoms with Crippen LogP contribution in [0.2, 0.25) is 0 Å². The van der Waals surface area contributed by atoms with Gasteiger partial charge in [0.05, 0.1) is 18.6 Å². The number of rotatable bonds is 6. The molecule has 9 heteroatoms. The fourth-order valence-corrected chi connectivity index (χ4v) is 6.76. The Morgan fingerprint density at radius 1 is 1.26 bits per heavy atom. The van der Waals surface area contributed by atoms with Crippen molar-refractivity contribution >= 4 is 33.3 Å². The first-order valence-electron chi connectivity index (χ1n) is 11.4. The minimum Gasteiger partial charge on any atom is -0.383 e. The van der Waals surface area contributed by atoms with E-state index < -0.39 is 12.0 Å². The van der Waals surface area contributed by atoms with Crippen LogP contribution in [0.1, 0.15) is 54.9 Å². The number of anilines is 1. The van der Waals surface area contributed by atoms with Gasteiger partial charge in [-0.2, -0.15) is 0 Å². The number of nitrogens with one attached hydrogen (secondary N) is 1. The first-order valence-corrected chi connectivity index (χ1v) is 12.2. The Morgan fingerprint density at radius 2 is 2.03 bits per heavy atom. The van der Waals surface area contributed by atoms with Gasteiger partial charge in [0, 0.05) is 30.1 Å². The van der Waals surface area contributed by atoms with Gasteiger partial charge in [-0.25, -0.2) is 9.97 Å². The molecule has 2 aliphatic carbocycles. The van der Waals surface area contributed by atoms with Crippen LogP contribution in [0, 0.1) is 0 Å². The van der Waals surface area contributed by atoms with Gasteiger partial charge in [0.15, 0.2) is 0 Å². The quantitative estimate of drug-likeness (QED) is 0.623. The summed E-state index contributed by atoms with van der Waals surface area (Å²) >= 11 is 1.71. The zero-order valence-electron chi connectivity index (χ0n) is 17.8. The molecule has 4 N–H and O–H groups in total. The Labute approximate surface area is 186 Å². The molecule has 1 amide bonds. The number of carbonyl (C=O) groups excluding carboxylic acids is 1. The molecule has 31 heavy (non-hydrogen) atoms. The van der Waals surface area contributed by atoms with Gasteiger partial charge in [0.25, 0.3) is 0 Å². The third-order valence-corrected chi connectivity index (χ3v) is 8.34. The lowest BCUT2D eigenvalue weighted by Crippen LogP contribution is -2.46. The van der Waals surface area contributed by atoms with Gasteiger partial charge >= 0.3 is 0 Å². The van der Waals surface area contributed by atoms with E-state index in [1.807, 2.05) is 0 Å². The predicted molar refractivity (Wildman–Crippen MR) is 120 cm³/mol. The fraction of sp³-hybridized carbons (Fsp3) is 0.682. The average molecular weight is 446 g/mol. The minimum absolute atomic E-state index is 0.120. The first-order chi connectivity index (χ1) is 15.1. The lowest BCUT2D eigenvalue weighted by Gasteiger charge is -2.39. The predicted octanol–water partition coefficient (Wildman–Crippen LogP) is 2.01. The van der Waals surface area contributed by atoms with Gasteiger partial charge < -0.3 is 20.9 Å². The smallest absolute Gasteiger partial charge is 0.246 e. The van der Waals surface area contributed by atoms with E-state index in [0.717, 1.165) is 68.0 Å². The zero-order valence-corrected chi connectivity index (χ0v) is 18.6. The van der Waals surface area contributed by atoms with Crippen LogP contribution in [-0.2, 0) is 16.0 Å². The maximum Gasteiger partial charge on any atom is 0.246 e. The van der Waals surface area contributed by atoms with Gasteiger partial charge in [-0.1, -0.05) is 0 Å². The molecule has 1 saturated carbocycles. The second-order valence-electron chi connectivity index (χ2n) is 9.03. The third-order valence-electron chi connectivity index (χ3n) is 7.17. The van der Waals surface area contributed by atoms with Crippen LogP contribution < -0.4 is 11.1 Å². The molecule has 2 atom stereocenters. The molecule has 0 radical (unpaired) electrons. The summed E-state index contributed by atoms with van der Waals surface area (Å²) in [5.41, 5.74) is 6.52. The molecular formula is C22H31N5O3S. The van der Waals surface area contributed by atoms with Crippen molar-refractivity contribution in [3.63, 3.8) is 0 Å². The number of thiophene rings is 1. The zero-order chi connectivity index (χ0) is 21.4. The highest BCUT2D eigenvalue weighted by Gasteiger charge is 2.33.